The van der Waals surface area contributed by atoms with E-state index in [2.05, 4.69) is 6.58 Å². The molecule has 0 aromatic rings. The number of nitrogens with zero attached hydrogens (tertiary/aromatic N) is 1. The maximum Gasteiger partial charge on any atom is 0.310 e. The molecule has 5 heteroatoms. The largest absolute Gasteiger partial charge is 0.469 e. The SMILES string of the molecule is C=CCCC(=O)N(CCCOCC)C[C@@H](C)C(=O)OC. The molecular weight excluding hydrogens is 258 g/mol. The van der Waals surface area contributed by atoms with Gasteiger partial charge in [-0.3, -0.25) is 9.59 Å². The number of carbonyl (C=O) groups excluding carboxylic acids is 2. The molecule has 0 unspecified atom stereocenters. The first-order chi connectivity index (χ1) is 9.56. The Labute approximate surface area is 121 Å². The molecule has 0 saturated carbocycles. The van der Waals surface area contributed by atoms with Crippen molar-refractivity contribution in [3.05, 3.63) is 12.7 Å². The Morgan fingerprint density at radius 3 is 2.65 bits per heavy atom. The molecule has 1 amide bonds. The van der Waals surface area contributed by atoms with Crippen molar-refractivity contribution < 1.29 is 19.1 Å². The van der Waals surface area contributed by atoms with Gasteiger partial charge in [0.25, 0.3) is 0 Å². The number of amides is 1. The summed E-state index contributed by atoms with van der Waals surface area (Å²) in [5.41, 5.74) is 0. The second-order valence-electron chi connectivity index (χ2n) is 4.64. The summed E-state index contributed by atoms with van der Waals surface area (Å²) in [6.45, 7) is 9.59. The van der Waals surface area contributed by atoms with E-state index in [1.54, 1.807) is 17.9 Å². The fourth-order valence-corrected chi connectivity index (χ4v) is 1.81. The van der Waals surface area contributed by atoms with Gasteiger partial charge in [-0.1, -0.05) is 13.0 Å². The van der Waals surface area contributed by atoms with Crippen LogP contribution in [0.25, 0.3) is 0 Å². The fourth-order valence-electron chi connectivity index (χ4n) is 1.81. The molecule has 1 atom stereocenters. The molecular formula is C15H27NO4. The molecule has 0 rings (SSSR count). The van der Waals surface area contributed by atoms with Crippen LogP contribution in [0.2, 0.25) is 0 Å². The average molecular weight is 285 g/mol. The minimum atomic E-state index is -0.320. The normalized spacial score (nSPS) is 11.8. The Bertz CT molecular complexity index is 304. The monoisotopic (exact) mass is 285 g/mol. The summed E-state index contributed by atoms with van der Waals surface area (Å²) in [5, 5.41) is 0. The molecule has 0 heterocycles. The first-order valence-corrected chi connectivity index (χ1v) is 7.11. The van der Waals surface area contributed by atoms with Gasteiger partial charge in [-0.05, 0) is 19.8 Å². The van der Waals surface area contributed by atoms with Crippen molar-refractivity contribution in [3.8, 4) is 0 Å². The molecule has 0 aliphatic carbocycles. The van der Waals surface area contributed by atoms with Gasteiger partial charge in [0, 0.05) is 32.7 Å². The molecule has 0 bridgehead atoms. The number of esters is 1. The van der Waals surface area contributed by atoms with Gasteiger partial charge in [-0.25, -0.2) is 0 Å². The van der Waals surface area contributed by atoms with Crippen LogP contribution >= 0.6 is 0 Å². The van der Waals surface area contributed by atoms with Crippen LogP contribution in [0.1, 0.15) is 33.1 Å². The second-order valence-corrected chi connectivity index (χ2v) is 4.64. The van der Waals surface area contributed by atoms with E-state index in [4.69, 9.17) is 9.47 Å². The average Bonchev–Trinajstić information content (AvgIpc) is 2.46. The highest BCUT2D eigenvalue weighted by atomic mass is 16.5. The number of hydrogen-bond donors (Lipinski definition) is 0. The van der Waals surface area contributed by atoms with Crippen LogP contribution in [-0.2, 0) is 19.1 Å². The summed E-state index contributed by atoms with van der Waals surface area (Å²) in [4.78, 5) is 25.3. The van der Waals surface area contributed by atoms with Crippen LogP contribution in [0.5, 0.6) is 0 Å². The summed E-state index contributed by atoms with van der Waals surface area (Å²) in [5.74, 6) is -0.576. The third kappa shape index (κ3) is 7.94. The van der Waals surface area contributed by atoms with Crippen LogP contribution in [0.3, 0.4) is 0 Å². The lowest BCUT2D eigenvalue weighted by molar-refractivity contribution is -0.146. The quantitative estimate of drug-likeness (QED) is 0.331. The van der Waals surface area contributed by atoms with Gasteiger partial charge in [-0.15, -0.1) is 6.58 Å². The lowest BCUT2D eigenvalue weighted by Gasteiger charge is -2.25. The first kappa shape index (κ1) is 18.6. The van der Waals surface area contributed by atoms with Crippen molar-refractivity contribution in [1.29, 1.82) is 0 Å². The topological polar surface area (TPSA) is 55.8 Å². The Morgan fingerprint density at radius 1 is 1.40 bits per heavy atom. The molecule has 20 heavy (non-hydrogen) atoms. The summed E-state index contributed by atoms with van der Waals surface area (Å²) < 4.78 is 9.97. The van der Waals surface area contributed by atoms with Gasteiger partial charge in [0.15, 0.2) is 0 Å². The third-order valence-corrected chi connectivity index (χ3v) is 2.93. The predicted molar refractivity (Wildman–Crippen MR) is 78.3 cm³/mol. The van der Waals surface area contributed by atoms with E-state index in [1.807, 2.05) is 6.92 Å². The second kappa shape index (κ2) is 11.5. The molecule has 0 saturated heterocycles. The maximum atomic E-state index is 12.1. The van der Waals surface area contributed by atoms with Crippen LogP contribution in [-0.4, -0.2) is 50.2 Å². The summed E-state index contributed by atoms with van der Waals surface area (Å²) in [7, 11) is 1.36. The van der Waals surface area contributed by atoms with Crippen LogP contribution < -0.4 is 0 Å². The maximum absolute atomic E-state index is 12.1. The lowest BCUT2D eigenvalue weighted by atomic mass is 10.1. The standard InChI is InChI=1S/C15H27NO4/c1-5-7-9-14(17)16(10-8-11-20-6-2)12-13(3)15(18)19-4/h5,13H,1,6-12H2,2-4H3/t13-/m1/s1. The van der Waals surface area contributed by atoms with E-state index in [-0.39, 0.29) is 17.8 Å². The van der Waals surface area contributed by atoms with Crippen molar-refractivity contribution >= 4 is 11.9 Å². The van der Waals surface area contributed by atoms with Crippen molar-refractivity contribution in [3.63, 3.8) is 0 Å². The van der Waals surface area contributed by atoms with E-state index in [1.165, 1.54) is 7.11 Å². The number of ether oxygens (including phenoxy) is 2. The summed E-state index contributed by atoms with van der Waals surface area (Å²) in [6.07, 6.45) is 3.56. The Morgan fingerprint density at radius 2 is 2.10 bits per heavy atom. The van der Waals surface area contributed by atoms with Crippen LogP contribution in [0, 0.1) is 5.92 Å². The van der Waals surface area contributed by atoms with Crippen LogP contribution in [0.4, 0.5) is 0 Å². The van der Waals surface area contributed by atoms with Gasteiger partial charge >= 0.3 is 5.97 Å². The van der Waals surface area contributed by atoms with Gasteiger partial charge in [-0.2, -0.15) is 0 Å². The minimum Gasteiger partial charge on any atom is -0.469 e. The van der Waals surface area contributed by atoms with Gasteiger partial charge in [0.1, 0.15) is 0 Å². The minimum absolute atomic E-state index is 0.0390. The van der Waals surface area contributed by atoms with E-state index < -0.39 is 0 Å². The molecule has 0 aliphatic rings. The molecule has 5 nitrogen and oxygen atoms in total. The van der Waals surface area contributed by atoms with Gasteiger partial charge < -0.3 is 14.4 Å². The summed E-state index contributed by atoms with van der Waals surface area (Å²) >= 11 is 0. The van der Waals surface area contributed by atoms with Gasteiger partial charge in [0.05, 0.1) is 13.0 Å². The lowest BCUT2D eigenvalue weighted by Crippen LogP contribution is -2.38. The molecule has 0 aromatic heterocycles. The zero-order valence-electron chi connectivity index (χ0n) is 12.9. The van der Waals surface area contributed by atoms with Crippen LogP contribution in [0.15, 0.2) is 12.7 Å². The summed E-state index contributed by atoms with van der Waals surface area (Å²) in [6, 6.07) is 0. The predicted octanol–water partition coefficient (Wildman–Crippen LogP) is 2.02. The number of methoxy groups -OCH3 is 1. The molecule has 0 fully saturated rings. The van der Waals surface area contributed by atoms with Crippen molar-refractivity contribution in [2.24, 2.45) is 5.92 Å². The highest BCUT2D eigenvalue weighted by Gasteiger charge is 2.20. The van der Waals surface area contributed by atoms with Gasteiger partial charge in [0.2, 0.25) is 5.91 Å². The first-order valence-electron chi connectivity index (χ1n) is 7.11. The van der Waals surface area contributed by atoms with E-state index in [0.29, 0.717) is 39.1 Å². The molecule has 0 spiro atoms. The number of allylic oxidation sites excluding steroid dienone is 1. The molecule has 0 N–H and O–H groups in total. The van der Waals surface area contributed by atoms with E-state index >= 15 is 0 Å². The number of carbonyl (C=O) groups is 2. The fraction of sp³-hybridized carbons (Fsp3) is 0.733. The van der Waals surface area contributed by atoms with Crippen molar-refractivity contribution in [2.75, 3.05) is 33.4 Å². The van der Waals surface area contributed by atoms with Crippen molar-refractivity contribution in [2.45, 2.75) is 33.1 Å². The van der Waals surface area contributed by atoms with E-state index in [9.17, 15) is 9.59 Å². The van der Waals surface area contributed by atoms with E-state index in [0.717, 1.165) is 6.42 Å². The molecule has 0 aromatic carbocycles. The molecule has 0 aliphatic heterocycles. The highest BCUT2D eigenvalue weighted by molar-refractivity contribution is 5.78. The zero-order chi connectivity index (χ0) is 15.4. The number of hydrogen-bond acceptors (Lipinski definition) is 4. The Hall–Kier alpha value is -1.36. The molecule has 116 valence electrons. The zero-order valence-corrected chi connectivity index (χ0v) is 12.9. The third-order valence-electron chi connectivity index (χ3n) is 2.93. The van der Waals surface area contributed by atoms with Crippen molar-refractivity contribution in [1.82, 2.24) is 4.90 Å². The highest BCUT2D eigenvalue weighted by Crippen LogP contribution is 2.07. The molecule has 0 radical (unpaired) electrons. The smallest absolute Gasteiger partial charge is 0.310 e. The Kier molecular flexibility index (Phi) is 10.7. The number of rotatable bonds is 11. The Balaban J connectivity index is 4.40.